The monoisotopic (exact) mass is 136 g/mol. The zero-order chi connectivity index (χ0) is 7.61. The van der Waals surface area contributed by atoms with Crippen molar-refractivity contribution < 1.29 is 0 Å². The lowest BCUT2D eigenvalue weighted by Crippen LogP contribution is -2.38. The van der Waals surface area contributed by atoms with Gasteiger partial charge in [-0.2, -0.15) is 0 Å². The smallest absolute Gasteiger partial charge is 0.0611 e. The maximum Gasteiger partial charge on any atom is 0.0611 e. The number of hydrogen-bond donors (Lipinski definition) is 0. The summed E-state index contributed by atoms with van der Waals surface area (Å²) in [5.74, 6) is 0. The van der Waals surface area contributed by atoms with Gasteiger partial charge < -0.3 is 4.90 Å². The van der Waals surface area contributed by atoms with Gasteiger partial charge in [0.2, 0.25) is 0 Å². The Balaban J connectivity index is 2.60. The third-order valence-corrected chi connectivity index (χ3v) is 1.56. The molecular formula is C9H14N. The molecule has 1 heteroatoms. The highest BCUT2D eigenvalue weighted by atomic mass is 15.2. The van der Waals surface area contributed by atoms with Crippen LogP contribution >= 0.6 is 0 Å². The van der Waals surface area contributed by atoms with E-state index >= 15 is 0 Å². The van der Waals surface area contributed by atoms with E-state index in [0.29, 0.717) is 0 Å². The summed E-state index contributed by atoms with van der Waals surface area (Å²) in [6.07, 6.45) is 9.30. The highest BCUT2D eigenvalue weighted by molar-refractivity contribution is 5.06. The van der Waals surface area contributed by atoms with E-state index < -0.39 is 0 Å². The first-order valence-electron chi connectivity index (χ1n) is 3.63. The van der Waals surface area contributed by atoms with Crippen LogP contribution in [0.2, 0.25) is 0 Å². The van der Waals surface area contributed by atoms with Crippen LogP contribution in [0.15, 0.2) is 18.2 Å². The number of nitrogens with zero attached hydrogens (tertiary/aromatic N) is 1. The van der Waals surface area contributed by atoms with Crippen molar-refractivity contribution in [2.45, 2.75) is 26.3 Å². The van der Waals surface area contributed by atoms with E-state index in [-0.39, 0.29) is 5.54 Å². The van der Waals surface area contributed by atoms with E-state index in [9.17, 15) is 0 Å². The van der Waals surface area contributed by atoms with E-state index in [2.05, 4.69) is 37.9 Å². The summed E-state index contributed by atoms with van der Waals surface area (Å²) in [6, 6.07) is 0. The Bertz CT molecular complexity index is 160. The molecule has 0 unspecified atom stereocenters. The molecule has 0 N–H and O–H groups in total. The van der Waals surface area contributed by atoms with Crippen LogP contribution in [-0.4, -0.2) is 17.0 Å². The minimum absolute atomic E-state index is 0.210. The van der Waals surface area contributed by atoms with Gasteiger partial charge in [-0.3, -0.25) is 0 Å². The molecule has 0 amide bonds. The Morgan fingerprint density at radius 2 is 2.10 bits per heavy atom. The zero-order valence-electron chi connectivity index (χ0n) is 6.89. The molecule has 1 aliphatic heterocycles. The van der Waals surface area contributed by atoms with E-state index in [1.165, 1.54) is 0 Å². The number of hydrogen-bond acceptors (Lipinski definition) is 1. The van der Waals surface area contributed by atoms with Gasteiger partial charge in [-0.1, -0.05) is 12.2 Å². The lowest BCUT2D eigenvalue weighted by atomic mass is 10.1. The maximum atomic E-state index is 3.18. The largest absolute Gasteiger partial charge is 0.361 e. The van der Waals surface area contributed by atoms with Gasteiger partial charge in [0.25, 0.3) is 0 Å². The molecule has 0 atom stereocenters. The van der Waals surface area contributed by atoms with Crippen molar-refractivity contribution in [3.63, 3.8) is 0 Å². The molecule has 0 bridgehead atoms. The van der Waals surface area contributed by atoms with Crippen LogP contribution < -0.4 is 0 Å². The molecule has 1 heterocycles. The number of allylic oxidation sites excluding steroid dienone is 2. The quantitative estimate of drug-likeness (QED) is 0.492. The van der Waals surface area contributed by atoms with Gasteiger partial charge in [0.05, 0.1) is 6.20 Å². The van der Waals surface area contributed by atoms with Crippen LogP contribution in [0.3, 0.4) is 0 Å². The molecule has 0 aromatic carbocycles. The number of rotatable bonds is 0. The van der Waals surface area contributed by atoms with Crippen LogP contribution in [0.5, 0.6) is 0 Å². The average Bonchev–Trinajstić information content (AvgIpc) is 1.88. The van der Waals surface area contributed by atoms with E-state index in [4.69, 9.17) is 0 Å². The van der Waals surface area contributed by atoms with Gasteiger partial charge in [0, 0.05) is 12.1 Å². The molecule has 55 valence electrons. The fourth-order valence-corrected chi connectivity index (χ4v) is 0.888. The lowest BCUT2D eigenvalue weighted by Gasteiger charge is -2.34. The Morgan fingerprint density at radius 1 is 1.40 bits per heavy atom. The highest BCUT2D eigenvalue weighted by Crippen LogP contribution is 2.14. The van der Waals surface area contributed by atoms with Gasteiger partial charge in [0.15, 0.2) is 0 Å². The molecule has 0 saturated carbocycles. The predicted molar refractivity (Wildman–Crippen MR) is 43.4 cm³/mol. The first-order valence-corrected chi connectivity index (χ1v) is 3.63. The first kappa shape index (κ1) is 7.39. The molecule has 1 aliphatic rings. The fourth-order valence-electron chi connectivity index (χ4n) is 0.888. The highest BCUT2D eigenvalue weighted by Gasteiger charge is 2.17. The lowest BCUT2D eigenvalue weighted by molar-refractivity contribution is 0.212. The summed E-state index contributed by atoms with van der Waals surface area (Å²) in [4.78, 5) is 2.19. The topological polar surface area (TPSA) is 3.24 Å². The SMILES string of the molecule is CC(C)(C)N1[C]=CC=CC1. The molecule has 0 fully saturated rings. The van der Waals surface area contributed by atoms with Gasteiger partial charge in [-0.25, -0.2) is 0 Å². The Kier molecular flexibility index (Phi) is 1.84. The Labute approximate surface area is 63.0 Å². The van der Waals surface area contributed by atoms with Gasteiger partial charge >= 0.3 is 0 Å². The maximum absolute atomic E-state index is 3.18. The third kappa shape index (κ3) is 1.63. The summed E-state index contributed by atoms with van der Waals surface area (Å²) >= 11 is 0. The van der Waals surface area contributed by atoms with E-state index in [1.54, 1.807) is 0 Å². The summed E-state index contributed by atoms with van der Waals surface area (Å²) in [5, 5.41) is 0. The molecule has 1 radical (unpaired) electrons. The second-order valence-corrected chi connectivity index (χ2v) is 3.51. The molecule has 1 rings (SSSR count). The van der Waals surface area contributed by atoms with Crippen LogP contribution in [-0.2, 0) is 0 Å². The predicted octanol–water partition coefficient (Wildman–Crippen LogP) is 1.97. The van der Waals surface area contributed by atoms with Crippen LogP contribution in [0.1, 0.15) is 20.8 Å². The molecule has 0 aromatic rings. The van der Waals surface area contributed by atoms with Gasteiger partial charge in [0.1, 0.15) is 0 Å². The standard InChI is InChI=1S/C9H14N/c1-9(2,3)10-7-5-4-6-8-10/h4-6H,7H2,1-3H3. The molecule has 0 saturated heterocycles. The molecule has 10 heavy (non-hydrogen) atoms. The van der Waals surface area contributed by atoms with Crippen molar-refractivity contribution in [2.75, 3.05) is 6.54 Å². The normalized spacial score (nSPS) is 18.1. The minimum Gasteiger partial charge on any atom is -0.361 e. The van der Waals surface area contributed by atoms with Crippen molar-refractivity contribution in [1.29, 1.82) is 0 Å². The van der Waals surface area contributed by atoms with E-state index in [1.807, 2.05) is 12.2 Å². The van der Waals surface area contributed by atoms with Crippen molar-refractivity contribution in [3.05, 3.63) is 24.4 Å². The first-order chi connectivity index (χ1) is 4.61. The van der Waals surface area contributed by atoms with Crippen LogP contribution in [0.25, 0.3) is 0 Å². The van der Waals surface area contributed by atoms with Crippen molar-refractivity contribution in [2.24, 2.45) is 0 Å². The Morgan fingerprint density at radius 3 is 2.40 bits per heavy atom. The van der Waals surface area contributed by atoms with E-state index in [0.717, 1.165) is 6.54 Å². The average molecular weight is 136 g/mol. The van der Waals surface area contributed by atoms with Crippen molar-refractivity contribution in [1.82, 2.24) is 4.90 Å². The van der Waals surface area contributed by atoms with Crippen molar-refractivity contribution >= 4 is 0 Å². The zero-order valence-corrected chi connectivity index (χ0v) is 6.89. The molecule has 0 aliphatic carbocycles. The van der Waals surface area contributed by atoms with Crippen LogP contribution in [0.4, 0.5) is 0 Å². The second-order valence-electron chi connectivity index (χ2n) is 3.51. The molecule has 0 aromatic heterocycles. The van der Waals surface area contributed by atoms with Crippen molar-refractivity contribution in [3.8, 4) is 0 Å². The minimum atomic E-state index is 0.210. The summed E-state index contributed by atoms with van der Waals surface area (Å²) < 4.78 is 0. The summed E-state index contributed by atoms with van der Waals surface area (Å²) in [6.45, 7) is 7.55. The van der Waals surface area contributed by atoms with Gasteiger partial charge in [-0.05, 0) is 26.8 Å². The molecule has 0 spiro atoms. The molecule has 1 nitrogen and oxygen atoms in total. The summed E-state index contributed by atoms with van der Waals surface area (Å²) in [5.41, 5.74) is 0.210. The Hall–Kier alpha value is -0.720. The van der Waals surface area contributed by atoms with Gasteiger partial charge in [-0.15, -0.1) is 0 Å². The molecular weight excluding hydrogens is 122 g/mol. The fraction of sp³-hybridized carbons (Fsp3) is 0.556. The van der Waals surface area contributed by atoms with Crippen LogP contribution in [0, 0.1) is 6.20 Å². The second kappa shape index (κ2) is 2.49. The summed E-state index contributed by atoms with van der Waals surface area (Å²) in [7, 11) is 0. The third-order valence-electron chi connectivity index (χ3n) is 1.56.